The molecule has 0 N–H and O–H groups in total. The van der Waals surface area contributed by atoms with Crippen molar-refractivity contribution in [2.24, 2.45) is 0 Å². The van der Waals surface area contributed by atoms with E-state index in [0.29, 0.717) is 11.5 Å². The van der Waals surface area contributed by atoms with Crippen molar-refractivity contribution < 1.29 is 17.9 Å². The number of alkyl halides is 3. The molecule has 2 aromatic carbocycles. The summed E-state index contributed by atoms with van der Waals surface area (Å²) in [5, 5.41) is 4.37. The Balaban J connectivity index is 1.76. The van der Waals surface area contributed by atoms with Gasteiger partial charge in [-0.25, -0.2) is 9.67 Å². The van der Waals surface area contributed by atoms with Gasteiger partial charge in [-0.3, -0.25) is 0 Å². The van der Waals surface area contributed by atoms with E-state index in [9.17, 15) is 13.2 Å². The third kappa shape index (κ3) is 4.37. The summed E-state index contributed by atoms with van der Waals surface area (Å²) in [7, 11) is 0. The average Bonchev–Trinajstić information content (AvgIpc) is 3.05. The first-order chi connectivity index (χ1) is 11.9. The Morgan fingerprint density at radius 3 is 2.28 bits per heavy atom. The van der Waals surface area contributed by atoms with Crippen LogP contribution in [0.15, 0.2) is 54.9 Å². The molecule has 7 heteroatoms. The fraction of sp³-hybridized carbons (Fsp3) is 0.222. The molecule has 1 heterocycles. The first kappa shape index (κ1) is 17.0. The van der Waals surface area contributed by atoms with Gasteiger partial charge in [-0.15, -0.1) is 18.3 Å². The minimum absolute atomic E-state index is 0.275. The maximum absolute atomic E-state index is 12.2. The van der Waals surface area contributed by atoms with Gasteiger partial charge in [0.15, 0.2) is 5.82 Å². The van der Waals surface area contributed by atoms with Crippen LogP contribution in [0.3, 0.4) is 0 Å². The van der Waals surface area contributed by atoms with E-state index in [4.69, 9.17) is 0 Å². The van der Waals surface area contributed by atoms with Crippen LogP contribution in [0.5, 0.6) is 5.75 Å². The Bertz CT molecular complexity index is 824. The fourth-order valence-electron chi connectivity index (χ4n) is 2.43. The van der Waals surface area contributed by atoms with Crippen LogP contribution in [0.2, 0.25) is 0 Å². The number of ether oxygens (including phenoxy) is 1. The van der Waals surface area contributed by atoms with Gasteiger partial charge in [0.05, 0.1) is 5.69 Å². The molecular formula is C18H16F3N3O. The van der Waals surface area contributed by atoms with Gasteiger partial charge < -0.3 is 4.74 Å². The van der Waals surface area contributed by atoms with E-state index >= 15 is 0 Å². The maximum Gasteiger partial charge on any atom is 0.573 e. The standard InChI is InChI=1S/C18H16F3N3O/c1-2-3-13-4-6-14(7-5-13)17-22-12-24(23-17)15-8-10-16(11-9-15)25-18(19,20)21/h4-12H,2-3H2,1H3. The second-order valence-corrected chi connectivity index (χ2v) is 5.50. The Labute approximate surface area is 142 Å². The summed E-state index contributed by atoms with van der Waals surface area (Å²) < 4.78 is 41.9. The molecule has 0 aliphatic carbocycles. The molecule has 3 rings (SSSR count). The number of hydrogen-bond donors (Lipinski definition) is 0. The molecule has 0 spiro atoms. The summed E-state index contributed by atoms with van der Waals surface area (Å²) >= 11 is 0. The van der Waals surface area contributed by atoms with Gasteiger partial charge >= 0.3 is 6.36 Å². The van der Waals surface area contributed by atoms with Crippen molar-refractivity contribution in [3.63, 3.8) is 0 Å². The molecule has 25 heavy (non-hydrogen) atoms. The zero-order valence-electron chi connectivity index (χ0n) is 13.5. The van der Waals surface area contributed by atoms with Crippen LogP contribution >= 0.6 is 0 Å². The number of hydrogen-bond acceptors (Lipinski definition) is 3. The van der Waals surface area contributed by atoms with Crippen molar-refractivity contribution in [3.8, 4) is 22.8 Å². The van der Waals surface area contributed by atoms with Crippen LogP contribution in [0.1, 0.15) is 18.9 Å². The topological polar surface area (TPSA) is 39.9 Å². The summed E-state index contributed by atoms with van der Waals surface area (Å²) in [4.78, 5) is 4.26. The van der Waals surface area contributed by atoms with Gasteiger partial charge in [0, 0.05) is 5.56 Å². The van der Waals surface area contributed by atoms with Crippen molar-refractivity contribution in [2.75, 3.05) is 0 Å². The minimum atomic E-state index is -4.70. The van der Waals surface area contributed by atoms with E-state index in [2.05, 4.69) is 21.7 Å². The largest absolute Gasteiger partial charge is 0.573 e. The SMILES string of the molecule is CCCc1ccc(-c2ncn(-c3ccc(OC(F)(F)F)cc3)n2)cc1. The summed E-state index contributed by atoms with van der Waals surface area (Å²) in [5.74, 6) is 0.279. The van der Waals surface area contributed by atoms with Crippen LogP contribution in [0, 0.1) is 0 Å². The Kier molecular flexibility index (Phi) is 4.74. The normalized spacial score (nSPS) is 11.5. The molecule has 4 nitrogen and oxygen atoms in total. The Hall–Kier alpha value is -2.83. The van der Waals surface area contributed by atoms with E-state index in [1.807, 2.05) is 24.3 Å². The highest BCUT2D eigenvalue weighted by atomic mass is 19.4. The molecule has 0 amide bonds. The molecular weight excluding hydrogens is 331 g/mol. The molecule has 0 unspecified atom stereocenters. The predicted molar refractivity (Wildman–Crippen MR) is 87.5 cm³/mol. The smallest absolute Gasteiger partial charge is 0.406 e. The molecule has 1 aromatic heterocycles. The third-order valence-corrected chi connectivity index (χ3v) is 3.58. The second kappa shape index (κ2) is 6.96. The lowest BCUT2D eigenvalue weighted by atomic mass is 10.1. The molecule has 0 radical (unpaired) electrons. The highest BCUT2D eigenvalue weighted by Gasteiger charge is 2.30. The molecule has 0 saturated heterocycles. The van der Waals surface area contributed by atoms with Crippen LogP contribution in [-0.2, 0) is 6.42 Å². The number of aryl methyl sites for hydroxylation is 1. The molecule has 0 atom stereocenters. The zero-order chi connectivity index (χ0) is 17.9. The molecule has 0 aliphatic heterocycles. The number of halogens is 3. The minimum Gasteiger partial charge on any atom is -0.406 e. The quantitative estimate of drug-likeness (QED) is 0.666. The fourth-order valence-corrected chi connectivity index (χ4v) is 2.43. The number of rotatable bonds is 5. The summed E-state index contributed by atoms with van der Waals surface area (Å²) in [6, 6.07) is 13.5. The van der Waals surface area contributed by atoms with E-state index in [0.717, 1.165) is 18.4 Å². The summed E-state index contributed by atoms with van der Waals surface area (Å²) in [6.45, 7) is 2.13. The van der Waals surface area contributed by atoms with E-state index in [1.165, 1.54) is 40.8 Å². The molecule has 0 aliphatic rings. The Morgan fingerprint density at radius 2 is 1.68 bits per heavy atom. The first-order valence-corrected chi connectivity index (χ1v) is 7.82. The van der Waals surface area contributed by atoms with Crippen molar-refractivity contribution in [1.82, 2.24) is 14.8 Å². The van der Waals surface area contributed by atoms with E-state index < -0.39 is 6.36 Å². The van der Waals surface area contributed by atoms with Gasteiger partial charge in [-0.2, -0.15) is 0 Å². The first-order valence-electron chi connectivity index (χ1n) is 7.82. The van der Waals surface area contributed by atoms with Crippen LogP contribution < -0.4 is 4.74 Å². The molecule has 0 bridgehead atoms. The van der Waals surface area contributed by atoms with Gasteiger partial charge in [-0.05, 0) is 36.2 Å². The highest BCUT2D eigenvalue weighted by molar-refractivity contribution is 5.55. The van der Waals surface area contributed by atoms with Crippen molar-refractivity contribution in [3.05, 3.63) is 60.4 Å². The maximum atomic E-state index is 12.2. The molecule has 0 saturated carbocycles. The lowest BCUT2D eigenvalue weighted by molar-refractivity contribution is -0.274. The van der Waals surface area contributed by atoms with Crippen LogP contribution in [0.4, 0.5) is 13.2 Å². The second-order valence-electron chi connectivity index (χ2n) is 5.50. The van der Waals surface area contributed by atoms with E-state index in [1.54, 1.807) is 0 Å². The highest BCUT2D eigenvalue weighted by Crippen LogP contribution is 2.24. The van der Waals surface area contributed by atoms with Gasteiger partial charge in [0.2, 0.25) is 0 Å². The number of benzene rings is 2. The van der Waals surface area contributed by atoms with Gasteiger partial charge in [0.1, 0.15) is 12.1 Å². The number of nitrogens with zero attached hydrogens (tertiary/aromatic N) is 3. The molecule has 3 aromatic rings. The monoisotopic (exact) mass is 347 g/mol. The van der Waals surface area contributed by atoms with Crippen LogP contribution in [0.25, 0.3) is 17.1 Å². The Morgan fingerprint density at radius 1 is 1.00 bits per heavy atom. The zero-order valence-corrected chi connectivity index (χ0v) is 13.5. The van der Waals surface area contributed by atoms with Gasteiger partial charge in [-0.1, -0.05) is 37.6 Å². The third-order valence-electron chi connectivity index (χ3n) is 3.58. The van der Waals surface area contributed by atoms with E-state index in [-0.39, 0.29) is 5.75 Å². The molecule has 0 fully saturated rings. The number of aromatic nitrogens is 3. The lowest BCUT2D eigenvalue weighted by Gasteiger charge is -2.09. The average molecular weight is 347 g/mol. The summed E-state index contributed by atoms with van der Waals surface area (Å²) in [5.41, 5.74) is 2.73. The lowest BCUT2D eigenvalue weighted by Crippen LogP contribution is -2.17. The summed E-state index contributed by atoms with van der Waals surface area (Å²) in [6.07, 6.45) is -1.07. The van der Waals surface area contributed by atoms with Crippen molar-refractivity contribution in [1.29, 1.82) is 0 Å². The molecule has 130 valence electrons. The van der Waals surface area contributed by atoms with Crippen molar-refractivity contribution >= 4 is 0 Å². The predicted octanol–water partition coefficient (Wildman–Crippen LogP) is 4.79. The van der Waals surface area contributed by atoms with Gasteiger partial charge in [0.25, 0.3) is 0 Å². The van der Waals surface area contributed by atoms with Crippen molar-refractivity contribution in [2.45, 2.75) is 26.1 Å². The van der Waals surface area contributed by atoms with Crippen LogP contribution in [-0.4, -0.2) is 21.1 Å².